The van der Waals surface area contributed by atoms with Gasteiger partial charge in [0.05, 0.1) is 69.9 Å². The van der Waals surface area contributed by atoms with Crippen molar-refractivity contribution in [2.45, 2.75) is 76.8 Å². The van der Waals surface area contributed by atoms with Gasteiger partial charge >= 0.3 is 27.2 Å². The summed E-state index contributed by atoms with van der Waals surface area (Å²) >= 11 is 1.33. The molecule has 0 N–H and O–H groups in total. The molecule has 0 aliphatic heterocycles. The summed E-state index contributed by atoms with van der Waals surface area (Å²) in [4.78, 5) is 25.4. The van der Waals surface area contributed by atoms with E-state index >= 15 is 0 Å². The molecule has 0 saturated heterocycles. The average Bonchev–Trinajstić information content (AvgIpc) is 3.96. The maximum atomic E-state index is 5.13. The van der Waals surface area contributed by atoms with Crippen LogP contribution in [0, 0.1) is 7.05 Å². The maximum Gasteiger partial charge on any atom is 0 e. The van der Waals surface area contributed by atoms with Crippen LogP contribution in [0.15, 0.2) is 166 Å². The van der Waals surface area contributed by atoms with Crippen LogP contribution >= 0.6 is 9.64 Å². The number of pyridine rings is 7. The Hall–Kier alpha value is -6.06. The van der Waals surface area contributed by atoms with Gasteiger partial charge in [-0.05, 0) is 91.0 Å². The molecule has 8 rings (SSSR count). The van der Waals surface area contributed by atoms with E-state index in [2.05, 4.69) is 131 Å². The first kappa shape index (κ1) is 57.5. The summed E-state index contributed by atoms with van der Waals surface area (Å²) in [5.41, 5.74) is 7.29. The molecule has 0 bridgehead atoms. The van der Waals surface area contributed by atoms with Crippen molar-refractivity contribution in [2.75, 3.05) is 28.4 Å². The minimum absolute atomic E-state index is 0. The first-order chi connectivity index (χ1) is 34.3. The summed E-state index contributed by atoms with van der Waals surface area (Å²) in [7, 11) is 15.1. The minimum atomic E-state index is 0. The first-order valence-electron chi connectivity index (χ1n) is 23.1. The molecule has 0 fully saturated rings. The van der Waals surface area contributed by atoms with Crippen LogP contribution in [0.2, 0.25) is 0 Å². The first-order valence-corrected chi connectivity index (χ1v) is 26.3. The van der Waals surface area contributed by atoms with Crippen LogP contribution in [0.25, 0.3) is 22.8 Å². The molecule has 0 aromatic carbocycles. The molecule has 0 amide bonds. The van der Waals surface area contributed by atoms with E-state index in [0.29, 0.717) is 17.8 Å². The SMILES string of the molecule is COc1ccnc(-c2cc(OC)ccn2)c1.COc1ccnc(-c2cc(OC)ccn2)c1.[CH2-][n+]1ccc(C(CC)CC(CC(CC)c2cc[n+](CCCn3ccnc3)cc2)c2ccncc2)cc1.[Cl][Os].[W]. The quantitative estimate of drug-likeness (QED) is 0.0570. The number of aromatic nitrogens is 9. The van der Waals surface area contributed by atoms with Gasteiger partial charge in [-0.3, -0.25) is 24.9 Å². The summed E-state index contributed by atoms with van der Waals surface area (Å²) in [5.74, 6) is 4.57. The van der Waals surface area contributed by atoms with Gasteiger partial charge in [0.1, 0.15) is 29.5 Å². The molecule has 3 unspecified atom stereocenters. The van der Waals surface area contributed by atoms with Gasteiger partial charge in [-0.25, -0.2) is 9.55 Å². The number of imidazole rings is 1. The van der Waals surface area contributed by atoms with E-state index in [4.69, 9.17) is 18.9 Å². The molecule has 3 atom stereocenters. The van der Waals surface area contributed by atoms with Crippen molar-refractivity contribution < 1.29 is 66.7 Å². The molecule has 0 aliphatic rings. The molecule has 8 heterocycles. The summed E-state index contributed by atoms with van der Waals surface area (Å²) < 4.78 is 26.8. The number of nitrogens with zero attached hydrogens (tertiary/aromatic N) is 9. The molecule has 8 aromatic rings. The Labute approximate surface area is 448 Å². The minimum Gasteiger partial charge on any atom is 0 e. The van der Waals surface area contributed by atoms with Gasteiger partial charge in [-0.15, -0.1) is 0 Å². The monoisotopic (exact) mass is 1330 g/mol. The molecule has 13 nitrogen and oxygen atoms in total. The Kier molecular flexibility index (Phi) is 25.9. The van der Waals surface area contributed by atoms with Gasteiger partial charge < -0.3 is 28.1 Å². The number of halogens is 1. The van der Waals surface area contributed by atoms with E-state index in [9.17, 15) is 0 Å². The van der Waals surface area contributed by atoms with E-state index < -0.39 is 0 Å². The number of ether oxygens (including phenoxy) is 4. The summed E-state index contributed by atoms with van der Waals surface area (Å²) in [6.45, 7) is 6.63. The van der Waals surface area contributed by atoms with Crippen LogP contribution in [0.1, 0.15) is 80.4 Å². The van der Waals surface area contributed by atoms with Gasteiger partial charge in [-0.1, -0.05) is 31.5 Å². The van der Waals surface area contributed by atoms with Crippen molar-refractivity contribution in [2.24, 2.45) is 0 Å². The van der Waals surface area contributed by atoms with Crippen LogP contribution in [-0.2, 0) is 51.8 Å². The fraction of sp³-hybridized carbons (Fsp3) is 0.291. The third kappa shape index (κ3) is 18.6. The average molecular weight is 1320 g/mol. The topological polar surface area (TPSA) is 127 Å². The molecular formula is C55H64ClN9O4OsW+. The molecule has 0 spiro atoms. The summed E-state index contributed by atoms with van der Waals surface area (Å²) in [6.07, 6.45) is 30.6. The second-order valence-electron chi connectivity index (χ2n) is 16.2. The molecule has 0 aliphatic carbocycles. The van der Waals surface area contributed by atoms with Crippen molar-refractivity contribution in [3.63, 3.8) is 0 Å². The number of methoxy groups -OCH3 is 4. The zero-order valence-electron chi connectivity index (χ0n) is 41.3. The molecule has 8 aromatic heterocycles. The second-order valence-corrected chi connectivity index (χ2v) is 16.2. The summed E-state index contributed by atoms with van der Waals surface area (Å²) in [5, 5.41) is 0. The van der Waals surface area contributed by atoms with Crippen LogP contribution in [0.4, 0.5) is 0 Å². The zero-order valence-corrected chi connectivity index (χ0v) is 47.5. The van der Waals surface area contributed by atoms with Crippen LogP contribution in [0.5, 0.6) is 23.0 Å². The number of aryl methyl sites for hydroxylation is 2. The largest absolute Gasteiger partial charge is 0 e. The van der Waals surface area contributed by atoms with E-state index in [1.54, 1.807) is 77.5 Å². The van der Waals surface area contributed by atoms with Gasteiger partial charge in [-0.2, -0.15) is 0 Å². The van der Waals surface area contributed by atoms with Gasteiger partial charge in [0.15, 0.2) is 12.4 Å². The fourth-order valence-electron chi connectivity index (χ4n) is 7.97. The van der Waals surface area contributed by atoms with E-state index in [-0.39, 0.29) is 21.1 Å². The zero-order chi connectivity index (χ0) is 49.9. The van der Waals surface area contributed by atoms with Crippen LogP contribution in [-0.4, -0.2) is 62.9 Å². The molecule has 71 heavy (non-hydrogen) atoms. The van der Waals surface area contributed by atoms with Crippen molar-refractivity contribution in [1.82, 2.24) is 34.5 Å². The smallest absolute Gasteiger partial charge is 0 e. The molecule has 0 saturated carbocycles. The molecule has 16 heteroatoms. The third-order valence-electron chi connectivity index (χ3n) is 11.9. The Balaban J connectivity index is 0.000000259. The fourth-order valence-corrected chi connectivity index (χ4v) is 7.97. The van der Waals surface area contributed by atoms with Gasteiger partial charge in [0.2, 0.25) is 0 Å². The van der Waals surface area contributed by atoms with Crippen molar-refractivity contribution in [3.05, 3.63) is 189 Å². The normalized spacial score (nSPS) is 11.5. The number of hydrogen-bond acceptors (Lipinski definition) is 10. The predicted octanol–water partition coefficient (Wildman–Crippen LogP) is 10.8. The third-order valence-corrected chi connectivity index (χ3v) is 11.9. The maximum absolute atomic E-state index is 5.13. The molecular weight excluding hydrogens is 1260 g/mol. The van der Waals surface area contributed by atoms with Crippen LogP contribution in [0.3, 0.4) is 0 Å². The van der Waals surface area contributed by atoms with Gasteiger partial charge in [0.25, 0.3) is 0 Å². The Morgan fingerprint density at radius 3 is 1.30 bits per heavy atom. The van der Waals surface area contributed by atoms with Gasteiger partial charge in [0, 0.05) is 127 Å². The predicted molar refractivity (Wildman–Crippen MR) is 270 cm³/mol. The van der Waals surface area contributed by atoms with E-state index in [0.717, 1.165) is 91.0 Å². The summed E-state index contributed by atoms with van der Waals surface area (Å²) in [6, 6.07) is 28.0. The number of hydrogen-bond donors (Lipinski definition) is 0. The van der Waals surface area contributed by atoms with Crippen molar-refractivity contribution >= 4 is 9.64 Å². The van der Waals surface area contributed by atoms with Crippen molar-refractivity contribution in [1.29, 1.82) is 0 Å². The van der Waals surface area contributed by atoms with Crippen molar-refractivity contribution in [3.8, 4) is 45.8 Å². The van der Waals surface area contributed by atoms with E-state index in [1.165, 1.54) is 34.3 Å². The second kappa shape index (κ2) is 32.0. The molecule has 0 radical (unpaired) electrons. The van der Waals surface area contributed by atoms with E-state index in [1.807, 2.05) is 59.9 Å². The molecule has 373 valence electrons. The number of rotatable bonds is 19. The Bertz CT molecular complexity index is 2510. The Morgan fingerprint density at radius 2 is 0.930 bits per heavy atom. The standard InChI is InChI=1S/C31H40N5.2C12H12N2O2.ClH.Os.W/c1-4-26(29-9-18-34(3)19-10-29)23-31(28-7-13-32-14-8-28)24-27(5-2)30-11-20-35(21-12-30)16-6-17-36-22-15-33-25-36;2*1-15-9-3-5-13-11(7-9)12-8-10(16-2)4-6-14-12;;;/h7-15,18-22,25-27,31H,3-6,16-17,23-24H2,1-2H3;2*3-8H,1-2H3;1H;;/q+1;;;;+1;/p-1. The van der Waals surface area contributed by atoms with Crippen LogP contribution < -0.4 is 28.1 Å². The Morgan fingerprint density at radius 1 is 0.535 bits per heavy atom.